The molecule has 0 bridgehead atoms. The van der Waals surface area contributed by atoms with Crippen molar-refractivity contribution in [1.82, 2.24) is 9.88 Å². The Balaban J connectivity index is 1.83. The fourth-order valence-corrected chi connectivity index (χ4v) is 2.62. The van der Waals surface area contributed by atoms with Crippen molar-refractivity contribution in [3.05, 3.63) is 12.1 Å². The molecule has 1 fully saturated rings. The number of nitrogens with zero attached hydrogens (tertiary/aromatic N) is 2. The minimum absolute atomic E-state index is 0.544. The van der Waals surface area contributed by atoms with E-state index in [0.717, 1.165) is 31.2 Å². The van der Waals surface area contributed by atoms with Gasteiger partial charge >= 0.3 is 0 Å². The van der Waals surface area contributed by atoms with Crippen LogP contribution in [0.2, 0.25) is 0 Å². The highest BCUT2D eigenvalue weighted by Gasteiger charge is 2.17. The Hall–Kier alpha value is -1.49. The number of nitrogen functional groups attached to an aromatic ring is 1. The highest BCUT2D eigenvalue weighted by molar-refractivity contribution is 5.53. The van der Waals surface area contributed by atoms with Gasteiger partial charge in [-0.3, -0.25) is 0 Å². The van der Waals surface area contributed by atoms with E-state index >= 15 is 0 Å². The summed E-state index contributed by atoms with van der Waals surface area (Å²) in [5.74, 6) is 2.13. The predicted molar refractivity (Wildman–Crippen MR) is 87.8 cm³/mol. The van der Waals surface area contributed by atoms with E-state index in [0.29, 0.717) is 18.2 Å². The summed E-state index contributed by atoms with van der Waals surface area (Å²) < 4.78 is 5.56. The van der Waals surface area contributed by atoms with Crippen molar-refractivity contribution in [1.29, 1.82) is 0 Å². The molecule has 0 spiro atoms. The Kier molecular flexibility index (Phi) is 6.11. The summed E-state index contributed by atoms with van der Waals surface area (Å²) in [5.41, 5.74) is 6.48. The fraction of sp³-hybridized carbons (Fsp3) is 0.688. The molecule has 0 unspecified atom stereocenters. The first-order valence-corrected chi connectivity index (χ1v) is 8.08. The average Bonchev–Trinajstić information content (AvgIpc) is 2.53. The first-order valence-electron chi connectivity index (χ1n) is 8.08. The summed E-state index contributed by atoms with van der Waals surface area (Å²) in [6.07, 6.45) is 3.47. The van der Waals surface area contributed by atoms with Crippen LogP contribution in [0.1, 0.15) is 33.1 Å². The van der Waals surface area contributed by atoms with Crippen LogP contribution in [0.3, 0.4) is 0 Å². The van der Waals surface area contributed by atoms with Crippen LogP contribution in [-0.4, -0.2) is 42.7 Å². The Bertz CT molecular complexity index is 430. The van der Waals surface area contributed by atoms with Crippen molar-refractivity contribution >= 4 is 11.5 Å². The third kappa shape index (κ3) is 4.77. The van der Waals surface area contributed by atoms with Gasteiger partial charge in [-0.15, -0.1) is 0 Å². The monoisotopic (exact) mass is 292 g/mol. The van der Waals surface area contributed by atoms with Crippen molar-refractivity contribution in [2.45, 2.75) is 33.1 Å². The normalized spacial score (nSPS) is 16.9. The van der Waals surface area contributed by atoms with E-state index in [1.165, 1.54) is 25.9 Å². The molecule has 0 aliphatic carbocycles. The van der Waals surface area contributed by atoms with Gasteiger partial charge in [-0.05, 0) is 56.9 Å². The third-order valence-electron chi connectivity index (χ3n) is 4.06. The molecule has 2 rings (SSSR count). The van der Waals surface area contributed by atoms with Crippen molar-refractivity contribution in [2.75, 3.05) is 43.8 Å². The van der Waals surface area contributed by atoms with Gasteiger partial charge in [0.1, 0.15) is 5.82 Å². The third-order valence-corrected chi connectivity index (χ3v) is 4.06. The number of rotatable bonds is 7. The zero-order valence-electron chi connectivity index (χ0n) is 13.3. The lowest BCUT2D eigenvalue weighted by molar-refractivity contribution is 0.198. The first kappa shape index (κ1) is 15.9. The van der Waals surface area contributed by atoms with Gasteiger partial charge in [0.25, 0.3) is 0 Å². The van der Waals surface area contributed by atoms with Gasteiger partial charge in [-0.1, -0.05) is 13.8 Å². The molecule has 1 saturated heterocycles. The number of hydrogen-bond acceptors (Lipinski definition) is 5. The molecule has 5 nitrogen and oxygen atoms in total. The van der Waals surface area contributed by atoms with Gasteiger partial charge in [0.2, 0.25) is 5.88 Å². The number of pyridine rings is 1. The molecule has 21 heavy (non-hydrogen) atoms. The topological polar surface area (TPSA) is 63.4 Å². The number of nitrogens with one attached hydrogen (secondary N) is 1. The molecule has 1 aliphatic heterocycles. The number of piperidine rings is 1. The molecule has 1 aromatic heterocycles. The molecule has 0 amide bonds. The summed E-state index contributed by atoms with van der Waals surface area (Å²) in [7, 11) is 0. The summed E-state index contributed by atoms with van der Waals surface area (Å²) in [6.45, 7) is 9.51. The van der Waals surface area contributed by atoms with Crippen molar-refractivity contribution in [3.63, 3.8) is 0 Å². The van der Waals surface area contributed by atoms with E-state index in [1.807, 2.05) is 12.1 Å². The number of nitrogens with two attached hydrogens (primary N) is 1. The van der Waals surface area contributed by atoms with E-state index in [2.05, 4.69) is 29.0 Å². The molecular weight excluding hydrogens is 264 g/mol. The quantitative estimate of drug-likeness (QED) is 0.809. The number of ether oxygens (including phenoxy) is 1. The minimum atomic E-state index is 0.544. The lowest BCUT2D eigenvalue weighted by atomic mass is 9.97. The fourth-order valence-electron chi connectivity index (χ4n) is 2.62. The Morgan fingerprint density at radius 3 is 2.76 bits per heavy atom. The second kappa shape index (κ2) is 8.08. The maximum Gasteiger partial charge on any atom is 0.239 e. The van der Waals surface area contributed by atoms with Crippen LogP contribution >= 0.6 is 0 Å². The molecule has 2 heterocycles. The lowest BCUT2D eigenvalue weighted by Crippen LogP contribution is -2.35. The van der Waals surface area contributed by atoms with Crippen molar-refractivity contribution in [3.8, 4) is 5.88 Å². The maximum atomic E-state index is 5.88. The number of anilines is 2. The summed E-state index contributed by atoms with van der Waals surface area (Å²) >= 11 is 0. The van der Waals surface area contributed by atoms with Crippen LogP contribution in [-0.2, 0) is 0 Å². The Morgan fingerprint density at radius 2 is 2.10 bits per heavy atom. The van der Waals surface area contributed by atoms with E-state index in [9.17, 15) is 0 Å². The smallest absolute Gasteiger partial charge is 0.239 e. The Labute approximate surface area is 127 Å². The summed E-state index contributed by atoms with van der Waals surface area (Å²) in [4.78, 5) is 6.97. The molecule has 0 radical (unpaired) electrons. The van der Waals surface area contributed by atoms with Crippen molar-refractivity contribution < 1.29 is 4.74 Å². The SMILES string of the molecule is CCCOc1nc(NCC2CCN(CC)CC2)ccc1N. The second-order valence-corrected chi connectivity index (χ2v) is 5.70. The second-order valence-electron chi connectivity index (χ2n) is 5.70. The molecule has 0 saturated carbocycles. The zero-order valence-corrected chi connectivity index (χ0v) is 13.3. The van der Waals surface area contributed by atoms with Gasteiger partial charge in [0.05, 0.1) is 12.3 Å². The highest BCUT2D eigenvalue weighted by Crippen LogP contribution is 2.22. The number of likely N-dealkylation sites (tertiary alicyclic amines) is 1. The van der Waals surface area contributed by atoms with Gasteiger partial charge in [-0.25, -0.2) is 0 Å². The van der Waals surface area contributed by atoms with Crippen LogP contribution in [0.5, 0.6) is 5.88 Å². The van der Waals surface area contributed by atoms with Crippen LogP contribution in [0.25, 0.3) is 0 Å². The number of hydrogen-bond donors (Lipinski definition) is 2. The number of aromatic nitrogens is 1. The predicted octanol–water partition coefficient (Wildman–Crippen LogP) is 2.60. The largest absolute Gasteiger partial charge is 0.476 e. The molecule has 0 aromatic carbocycles. The lowest BCUT2D eigenvalue weighted by Gasteiger charge is -2.31. The van der Waals surface area contributed by atoms with E-state index in [-0.39, 0.29) is 0 Å². The molecule has 1 aliphatic rings. The van der Waals surface area contributed by atoms with Crippen LogP contribution in [0, 0.1) is 5.92 Å². The molecular formula is C16H28N4O. The molecule has 1 aromatic rings. The van der Waals surface area contributed by atoms with Gasteiger partial charge in [0, 0.05) is 6.54 Å². The van der Waals surface area contributed by atoms with E-state index < -0.39 is 0 Å². The maximum absolute atomic E-state index is 5.88. The van der Waals surface area contributed by atoms with Gasteiger partial charge < -0.3 is 20.7 Å². The molecule has 5 heteroatoms. The van der Waals surface area contributed by atoms with Crippen LogP contribution in [0.4, 0.5) is 11.5 Å². The van der Waals surface area contributed by atoms with Crippen LogP contribution < -0.4 is 15.8 Å². The molecule has 0 atom stereocenters. The zero-order chi connectivity index (χ0) is 15.1. The van der Waals surface area contributed by atoms with Gasteiger partial charge in [-0.2, -0.15) is 4.98 Å². The first-order chi connectivity index (χ1) is 10.2. The molecule has 3 N–H and O–H groups in total. The highest BCUT2D eigenvalue weighted by atomic mass is 16.5. The standard InChI is InChI=1S/C16H28N4O/c1-3-11-21-16-14(17)5-6-15(19-16)18-12-13-7-9-20(4-2)10-8-13/h5-6,13H,3-4,7-12,17H2,1-2H3,(H,18,19). The van der Waals surface area contributed by atoms with Crippen LogP contribution in [0.15, 0.2) is 12.1 Å². The van der Waals surface area contributed by atoms with E-state index in [1.54, 1.807) is 0 Å². The van der Waals surface area contributed by atoms with E-state index in [4.69, 9.17) is 10.5 Å². The van der Waals surface area contributed by atoms with Crippen molar-refractivity contribution in [2.24, 2.45) is 5.92 Å². The average molecular weight is 292 g/mol. The molecule has 118 valence electrons. The minimum Gasteiger partial charge on any atom is -0.476 e. The summed E-state index contributed by atoms with van der Waals surface area (Å²) in [5, 5.41) is 3.43. The van der Waals surface area contributed by atoms with Gasteiger partial charge in [0.15, 0.2) is 0 Å². The summed E-state index contributed by atoms with van der Waals surface area (Å²) in [6, 6.07) is 3.79. The Morgan fingerprint density at radius 1 is 1.33 bits per heavy atom.